The maximum Gasteiger partial charge on any atom is 0.191 e. The average molecular weight is 305 g/mol. The van der Waals surface area contributed by atoms with E-state index in [0.717, 1.165) is 28.7 Å². The molecule has 0 saturated carbocycles. The molecule has 1 aromatic heterocycles. The number of aliphatic hydroxyl groups is 1. The summed E-state index contributed by atoms with van der Waals surface area (Å²) in [6.07, 6.45) is 0.771. The minimum atomic E-state index is 0.156. The zero-order chi connectivity index (χ0) is 15.5. The van der Waals surface area contributed by atoms with Gasteiger partial charge in [0.05, 0.1) is 0 Å². The quantitative estimate of drug-likeness (QED) is 0.680. The van der Waals surface area contributed by atoms with E-state index in [4.69, 9.17) is 5.11 Å². The minimum Gasteiger partial charge on any atom is -0.396 e. The average Bonchev–Trinajstić information content (AvgIpc) is 2.80. The fourth-order valence-corrected chi connectivity index (χ4v) is 2.87. The maximum absolute atomic E-state index is 8.83. The normalized spacial score (nSPS) is 11.9. The van der Waals surface area contributed by atoms with Gasteiger partial charge in [0, 0.05) is 25.0 Å². The van der Waals surface area contributed by atoms with Crippen molar-refractivity contribution < 1.29 is 5.11 Å². The van der Waals surface area contributed by atoms with Gasteiger partial charge in [0.15, 0.2) is 11.0 Å². The van der Waals surface area contributed by atoms with Crippen molar-refractivity contribution in [2.75, 3.05) is 12.4 Å². The Morgan fingerprint density at radius 1 is 1.14 bits per heavy atom. The van der Waals surface area contributed by atoms with Crippen LogP contribution >= 0.6 is 11.8 Å². The van der Waals surface area contributed by atoms with Crippen molar-refractivity contribution in [1.29, 1.82) is 0 Å². The molecule has 0 amide bonds. The third-order valence-electron chi connectivity index (χ3n) is 3.38. The van der Waals surface area contributed by atoms with Gasteiger partial charge < -0.3 is 9.67 Å². The van der Waals surface area contributed by atoms with Crippen LogP contribution in [0.3, 0.4) is 0 Å². The van der Waals surface area contributed by atoms with Crippen molar-refractivity contribution >= 4 is 11.8 Å². The number of aromatic nitrogens is 3. The Bertz CT molecular complexity index is 585. The van der Waals surface area contributed by atoms with Crippen LogP contribution in [0.2, 0.25) is 0 Å². The monoisotopic (exact) mass is 305 g/mol. The van der Waals surface area contributed by atoms with Gasteiger partial charge in [0.25, 0.3) is 0 Å². The molecule has 1 aromatic carbocycles. The Kier molecular flexibility index (Phi) is 5.06. The lowest BCUT2D eigenvalue weighted by Crippen LogP contribution is -2.10. The van der Waals surface area contributed by atoms with E-state index >= 15 is 0 Å². The summed E-state index contributed by atoms with van der Waals surface area (Å²) in [5.41, 5.74) is 2.54. The molecule has 2 rings (SSSR count). The molecule has 0 radical (unpaired) electrons. The third-order valence-corrected chi connectivity index (χ3v) is 4.48. The number of hydrogen-bond donors (Lipinski definition) is 1. The molecule has 2 aromatic rings. The fraction of sp³-hybridized carbons (Fsp3) is 0.500. The molecule has 0 atom stereocenters. The topological polar surface area (TPSA) is 50.9 Å². The number of aliphatic hydroxyl groups excluding tert-OH is 1. The first-order valence-electron chi connectivity index (χ1n) is 7.17. The lowest BCUT2D eigenvalue weighted by Gasteiger charge is -2.19. The van der Waals surface area contributed by atoms with E-state index in [0.29, 0.717) is 0 Å². The van der Waals surface area contributed by atoms with Crippen LogP contribution in [-0.2, 0) is 12.5 Å². The highest BCUT2D eigenvalue weighted by Gasteiger charge is 2.15. The first-order chi connectivity index (χ1) is 9.93. The second-order valence-electron chi connectivity index (χ2n) is 6.12. The summed E-state index contributed by atoms with van der Waals surface area (Å²) in [5.74, 6) is 1.73. The van der Waals surface area contributed by atoms with Crippen LogP contribution in [0.1, 0.15) is 32.8 Å². The lowest BCUT2D eigenvalue weighted by atomic mass is 9.87. The van der Waals surface area contributed by atoms with Crippen molar-refractivity contribution in [3.05, 3.63) is 29.8 Å². The van der Waals surface area contributed by atoms with Crippen molar-refractivity contribution in [3.63, 3.8) is 0 Å². The van der Waals surface area contributed by atoms with Gasteiger partial charge in [-0.3, -0.25) is 0 Å². The fourth-order valence-electron chi connectivity index (χ4n) is 2.04. The van der Waals surface area contributed by atoms with E-state index in [1.807, 2.05) is 11.6 Å². The number of rotatable bonds is 5. The summed E-state index contributed by atoms with van der Waals surface area (Å²) in [4.78, 5) is 0. The highest BCUT2D eigenvalue weighted by atomic mass is 32.2. The molecular formula is C16H23N3OS. The summed E-state index contributed by atoms with van der Waals surface area (Å²) in [6, 6.07) is 8.52. The summed E-state index contributed by atoms with van der Waals surface area (Å²) >= 11 is 1.62. The van der Waals surface area contributed by atoms with Crippen molar-refractivity contribution in [2.45, 2.75) is 37.8 Å². The molecule has 0 unspecified atom stereocenters. The Morgan fingerprint density at radius 2 is 1.81 bits per heavy atom. The van der Waals surface area contributed by atoms with Gasteiger partial charge in [0.1, 0.15) is 0 Å². The number of benzene rings is 1. The molecule has 0 saturated heterocycles. The molecule has 1 N–H and O–H groups in total. The van der Waals surface area contributed by atoms with Crippen LogP contribution in [0.15, 0.2) is 29.4 Å². The smallest absolute Gasteiger partial charge is 0.191 e. The van der Waals surface area contributed by atoms with Crippen molar-refractivity contribution in [2.24, 2.45) is 7.05 Å². The molecule has 1 heterocycles. The zero-order valence-corrected chi connectivity index (χ0v) is 13.9. The number of nitrogens with zero attached hydrogens (tertiary/aromatic N) is 3. The van der Waals surface area contributed by atoms with Gasteiger partial charge in [0.2, 0.25) is 0 Å². The second kappa shape index (κ2) is 6.62. The van der Waals surface area contributed by atoms with Crippen molar-refractivity contribution in [1.82, 2.24) is 14.8 Å². The van der Waals surface area contributed by atoms with Gasteiger partial charge in [-0.15, -0.1) is 10.2 Å². The van der Waals surface area contributed by atoms with Crippen molar-refractivity contribution in [3.8, 4) is 11.4 Å². The highest BCUT2D eigenvalue weighted by Crippen LogP contribution is 2.27. The molecule has 0 aliphatic carbocycles. The molecule has 5 heteroatoms. The van der Waals surface area contributed by atoms with Gasteiger partial charge >= 0.3 is 0 Å². The molecule has 21 heavy (non-hydrogen) atoms. The van der Waals surface area contributed by atoms with Gasteiger partial charge in [-0.2, -0.15) is 0 Å². The van der Waals surface area contributed by atoms with Gasteiger partial charge in [-0.25, -0.2) is 0 Å². The second-order valence-corrected chi connectivity index (χ2v) is 7.18. The first-order valence-corrected chi connectivity index (χ1v) is 8.16. The van der Waals surface area contributed by atoms with E-state index < -0.39 is 0 Å². The van der Waals surface area contributed by atoms with E-state index in [9.17, 15) is 0 Å². The molecule has 0 aliphatic rings. The molecule has 0 bridgehead atoms. The maximum atomic E-state index is 8.83. The SMILES string of the molecule is Cn1c(SCCCO)nnc1-c1ccc(C(C)(C)C)cc1. The van der Waals surface area contributed by atoms with E-state index in [1.54, 1.807) is 11.8 Å². The van der Waals surface area contributed by atoms with Crippen LogP contribution < -0.4 is 0 Å². The van der Waals surface area contributed by atoms with Crippen LogP contribution in [-0.4, -0.2) is 32.2 Å². The summed E-state index contributed by atoms with van der Waals surface area (Å²) < 4.78 is 2.01. The molecule has 0 aliphatic heterocycles. The van der Waals surface area contributed by atoms with Crippen LogP contribution in [0.5, 0.6) is 0 Å². The highest BCUT2D eigenvalue weighted by molar-refractivity contribution is 7.99. The first kappa shape index (κ1) is 16.0. The van der Waals surface area contributed by atoms with Crippen LogP contribution in [0.25, 0.3) is 11.4 Å². The van der Waals surface area contributed by atoms with E-state index in [2.05, 4.69) is 55.2 Å². The molecular weight excluding hydrogens is 282 g/mol. The third kappa shape index (κ3) is 3.86. The van der Waals surface area contributed by atoms with E-state index in [1.165, 1.54) is 5.56 Å². The van der Waals surface area contributed by atoms with Crippen LogP contribution in [0, 0.1) is 0 Å². The molecule has 0 spiro atoms. The largest absolute Gasteiger partial charge is 0.396 e. The zero-order valence-electron chi connectivity index (χ0n) is 13.1. The number of hydrogen-bond acceptors (Lipinski definition) is 4. The standard InChI is InChI=1S/C16H23N3OS/c1-16(2,3)13-8-6-12(7-9-13)14-17-18-15(19(14)4)21-11-5-10-20/h6-9,20H,5,10-11H2,1-4H3. The summed E-state index contributed by atoms with van der Waals surface area (Å²) in [6.45, 7) is 6.84. The molecule has 0 fully saturated rings. The summed E-state index contributed by atoms with van der Waals surface area (Å²) in [7, 11) is 1.98. The molecule has 114 valence electrons. The lowest BCUT2D eigenvalue weighted by molar-refractivity contribution is 0.296. The Labute approximate surface area is 130 Å². The summed E-state index contributed by atoms with van der Waals surface area (Å²) in [5, 5.41) is 18.2. The molecule has 4 nitrogen and oxygen atoms in total. The Balaban J connectivity index is 2.19. The Hall–Kier alpha value is -1.33. The minimum absolute atomic E-state index is 0.156. The van der Waals surface area contributed by atoms with Gasteiger partial charge in [-0.1, -0.05) is 56.8 Å². The van der Waals surface area contributed by atoms with Gasteiger partial charge in [-0.05, 0) is 17.4 Å². The Morgan fingerprint density at radius 3 is 2.38 bits per heavy atom. The van der Waals surface area contributed by atoms with Crippen LogP contribution in [0.4, 0.5) is 0 Å². The van der Waals surface area contributed by atoms with E-state index in [-0.39, 0.29) is 12.0 Å². The predicted octanol–water partition coefficient (Wildman–Crippen LogP) is 3.25. The number of thioether (sulfide) groups is 1. The predicted molar refractivity (Wildman–Crippen MR) is 87.6 cm³/mol.